The lowest BCUT2D eigenvalue weighted by atomic mass is 10.0. The molecule has 3 aromatic carbocycles. The van der Waals surface area contributed by atoms with Crippen LogP contribution in [0.1, 0.15) is 24.8 Å². The molecule has 0 saturated carbocycles. The number of hydrogen-bond acceptors (Lipinski definition) is 4. The minimum atomic E-state index is 0.0809. The van der Waals surface area contributed by atoms with Crippen molar-refractivity contribution in [3.63, 3.8) is 0 Å². The SMILES string of the molecule is O=C1CCc2ccc(OCCCCN3CCN(c4cccc(Cl)c4Cl)CC3)cc2N1.Pc1ccccc1. The van der Waals surface area contributed by atoms with Crippen molar-refractivity contribution in [3.8, 4) is 5.75 Å². The summed E-state index contributed by atoms with van der Waals surface area (Å²) in [5, 5.41) is 5.41. The van der Waals surface area contributed by atoms with E-state index in [0.717, 1.165) is 69.1 Å². The van der Waals surface area contributed by atoms with Crippen molar-refractivity contribution in [1.82, 2.24) is 4.90 Å². The van der Waals surface area contributed by atoms with Gasteiger partial charge in [0.05, 0.1) is 22.3 Å². The summed E-state index contributed by atoms with van der Waals surface area (Å²) in [7, 11) is 2.63. The van der Waals surface area contributed by atoms with Gasteiger partial charge >= 0.3 is 0 Å². The molecule has 0 aliphatic carbocycles. The topological polar surface area (TPSA) is 44.8 Å². The van der Waals surface area contributed by atoms with Crippen molar-refractivity contribution < 1.29 is 9.53 Å². The van der Waals surface area contributed by atoms with Crippen LogP contribution >= 0.6 is 32.4 Å². The van der Waals surface area contributed by atoms with Crippen LogP contribution in [0.2, 0.25) is 10.0 Å². The van der Waals surface area contributed by atoms with Crippen molar-refractivity contribution in [3.05, 3.63) is 82.3 Å². The van der Waals surface area contributed by atoms with E-state index < -0.39 is 0 Å². The molecular weight excluding hydrogens is 524 g/mol. The summed E-state index contributed by atoms with van der Waals surface area (Å²) >= 11 is 12.5. The molecule has 1 fully saturated rings. The number of halogens is 2. The zero-order valence-corrected chi connectivity index (χ0v) is 23.6. The van der Waals surface area contributed by atoms with E-state index in [1.54, 1.807) is 0 Å². The Morgan fingerprint density at radius 3 is 2.41 bits per heavy atom. The second-order valence-corrected chi connectivity index (χ2v) is 10.7. The van der Waals surface area contributed by atoms with Gasteiger partial charge in [0.1, 0.15) is 5.75 Å². The van der Waals surface area contributed by atoms with Gasteiger partial charge in [0.2, 0.25) is 5.91 Å². The molecule has 8 heteroatoms. The summed E-state index contributed by atoms with van der Waals surface area (Å²) in [5.74, 6) is 0.903. The molecule has 0 radical (unpaired) electrons. The molecule has 1 atom stereocenters. The second-order valence-electron chi connectivity index (χ2n) is 9.24. The summed E-state index contributed by atoms with van der Waals surface area (Å²) in [6.07, 6.45) is 3.47. The van der Waals surface area contributed by atoms with E-state index in [4.69, 9.17) is 27.9 Å². The monoisotopic (exact) mass is 557 g/mol. The molecule has 2 heterocycles. The van der Waals surface area contributed by atoms with Gasteiger partial charge in [0, 0.05) is 44.4 Å². The normalized spacial score (nSPS) is 15.3. The van der Waals surface area contributed by atoms with Gasteiger partial charge in [-0.15, -0.1) is 9.24 Å². The molecule has 1 saturated heterocycles. The molecule has 196 valence electrons. The summed E-state index contributed by atoms with van der Waals surface area (Å²) in [5.41, 5.74) is 3.10. The van der Waals surface area contributed by atoms with E-state index in [-0.39, 0.29) is 5.91 Å². The number of nitrogens with zero attached hydrogens (tertiary/aromatic N) is 2. The quantitative estimate of drug-likeness (QED) is 0.284. The molecular formula is C29H34Cl2N3O2P. The van der Waals surface area contributed by atoms with Crippen molar-refractivity contribution >= 4 is 55.0 Å². The predicted octanol–water partition coefficient (Wildman–Crippen LogP) is 6.05. The molecule has 2 aliphatic rings. The highest BCUT2D eigenvalue weighted by Gasteiger charge is 2.19. The number of ether oxygens (including phenoxy) is 1. The molecule has 0 bridgehead atoms. The smallest absolute Gasteiger partial charge is 0.224 e. The lowest BCUT2D eigenvalue weighted by Gasteiger charge is -2.36. The lowest BCUT2D eigenvalue weighted by Crippen LogP contribution is -2.46. The van der Waals surface area contributed by atoms with Crippen LogP contribution in [-0.4, -0.2) is 50.1 Å². The first-order valence-corrected chi connectivity index (χ1v) is 14.1. The Morgan fingerprint density at radius 2 is 1.68 bits per heavy atom. The standard InChI is InChI=1S/C23H27Cl2N3O2.C6H7P/c24-19-4-3-5-21(23(19)25)28-13-11-27(12-14-28)10-1-2-15-30-18-8-6-17-7-9-22(29)26-20(17)16-18;7-6-4-2-1-3-5-6/h3-6,8,16H,1-2,7,9-15H2,(H,26,29);1-5H,7H2. The van der Waals surface area contributed by atoms with Crippen molar-refractivity contribution in [2.75, 3.05) is 49.5 Å². The van der Waals surface area contributed by atoms with Gasteiger partial charge in [-0.1, -0.05) is 65.7 Å². The fourth-order valence-corrected chi connectivity index (χ4v) is 5.11. The average Bonchev–Trinajstić information content (AvgIpc) is 2.91. The maximum absolute atomic E-state index is 11.5. The first kappa shape index (κ1) is 27.7. The Bertz CT molecular complexity index is 1170. The van der Waals surface area contributed by atoms with Gasteiger partial charge in [0.25, 0.3) is 0 Å². The lowest BCUT2D eigenvalue weighted by molar-refractivity contribution is -0.116. The highest BCUT2D eigenvalue weighted by molar-refractivity contribution is 7.27. The van der Waals surface area contributed by atoms with Gasteiger partial charge in [-0.2, -0.15) is 0 Å². The van der Waals surface area contributed by atoms with E-state index in [2.05, 4.69) is 30.4 Å². The van der Waals surface area contributed by atoms with Crippen LogP contribution in [0.4, 0.5) is 11.4 Å². The summed E-state index contributed by atoms with van der Waals surface area (Å²) < 4.78 is 5.89. The first-order chi connectivity index (χ1) is 18.0. The average molecular weight is 558 g/mol. The molecule has 5 rings (SSSR count). The number of carbonyl (C=O) groups is 1. The van der Waals surface area contributed by atoms with E-state index in [9.17, 15) is 4.79 Å². The number of aryl methyl sites for hydroxylation is 1. The second kappa shape index (κ2) is 14.0. The zero-order chi connectivity index (χ0) is 26.0. The minimum Gasteiger partial charge on any atom is -0.494 e. The van der Waals surface area contributed by atoms with Crippen LogP contribution in [0.15, 0.2) is 66.7 Å². The number of amides is 1. The molecule has 37 heavy (non-hydrogen) atoms. The molecule has 0 aromatic heterocycles. The van der Waals surface area contributed by atoms with Crippen LogP contribution in [0.3, 0.4) is 0 Å². The number of anilines is 2. The van der Waals surface area contributed by atoms with Gasteiger partial charge < -0.3 is 15.0 Å². The molecule has 0 spiro atoms. The Hall–Kier alpha value is -2.30. The number of carbonyl (C=O) groups excluding carboxylic acids is 1. The van der Waals surface area contributed by atoms with Crippen molar-refractivity contribution in [1.29, 1.82) is 0 Å². The van der Waals surface area contributed by atoms with Crippen LogP contribution in [0.5, 0.6) is 5.75 Å². The van der Waals surface area contributed by atoms with Crippen molar-refractivity contribution in [2.45, 2.75) is 25.7 Å². The predicted molar refractivity (Wildman–Crippen MR) is 159 cm³/mol. The third-order valence-electron chi connectivity index (χ3n) is 6.56. The number of hydrogen-bond donors (Lipinski definition) is 1. The maximum Gasteiger partial charge on any atom is 0.224 e. The minimum absolute atomic E-state index is 0.0809. The van der Waals surface area contributed by atoms with E-state index >= 15 is 0 Å². The molecule has 2 aliphatic heterocycles. The molecule has 1 amide bonds. The Morgan fingerprint density at radius 1 is 0.892 bits per heavy atom. The van der Waals surface area contributed by atoms with E-state index in [0.29, 0.717) is 23.1 Å². The fourth-order valence-electron chi connectivity index (χ4n) is 4.47. The number of benzene rings is 3. The third kappa shape index (κ3) is 8.35. The number of piperazine rings is 1. The van der Waals surface area contributed by atoms with Crippen LogP contribution in [0, 0.1) is 0 Å². The number of rotatable bonds is 7. The first-order valence-electron chi connectivity index (χ1n) is 12.8. The highest BCUT2D eigenvalue weighted by atomic mass is 35.5. The van der Waals surface area contributed by atoms with Crippen LogP contribution in [0.25, 0.3) is 0 Å². The Labute approximate surface area is 232 Å². The largest absolute Gasteiger partial charge is 0.494 e. The van der Waals surface area contributed by atoms with Crippen LogP contribution < -0.4 is 20.3 Å². The van der Waals surface area contributed by atoms with Gasteiger partial charge in [-0.3, -0.25) is 9.69 Å². The third-order valence-corrected chi connectivity index (χ3v) is 7.75. The van der Waals surface area contributed by atoms with Gasteiger partial charge in [-0.05, 0) is 54.9 Å². The number of unbranched alkanes of at least 4 members (excludes halogenated alkanes) is 1. The van der Waals surface area contributed by atoms with Crippen molar-refractivity contribution in [2.24, 2.45) is 0 Å². The fraction of sp³-hybridized carbons (Fsp3) is 0.345. The highest BCUT2D eigenvalue weighted by Crippen LogP contribution is 2.33. The number of fused-ring (bicyclic) bond motifs is 1. The Kier molecular flexibility index (Phi) is 10.5. The summed E-state index contributed by atoms with van der Waals surface area (Å²) in [6, 6.07) is 21.9. The van der Waals surface area contributed by atoms with E-state index in [1.165, 1.54) is 10.9 Å². The molecule has 1 unspecified atom stereocenters. The van der Waals surface area contributed by atoms with Gasteiger partial charge in [0.15, 0.2) is 0 Å². The van der Waals surface area contributed by atoms with Gasteiger partial charge in [-0.25, -0.2) is 0 Å². The maximum atomic E-state index is 11.5. The number of nitrogens with one attached hydrogen (secondary N) is 1. The molecule has 3 aromatic rings. The van der Waals surface area contributed by atoms with E-state index in [1.807, 2.05) is 60.7 Å². The summed E-state index contributed by atoms with van der Waals surface area (Å²) in [6.45, 7) is 5.71. The Balaban J connectivity index is 0.000000396. The zero-order valence-electron chi connectivity index (χ0n) is 21.0. The molecule has 1 N–H and O–H groups in total. The van der Waals surface area contributed by atoms with Crippen LogP contribution in [-0.2, 0) is 11.2 Å². The summed E-state index contributed by atoms with van der Waals surface area (Å²) in [4.78, 5) is 16.3. The molecule has 5 nitrogen and oxygen atoms in total.